The summed E-state index contributed by atoms with van der Waals surface area (Å²) in [6.07, 6.45) is 4.61. The summed E-state index contributed by atoms with van der Waals surface area (Å²) in [5, 5.41) is 3.03. The Hall–Kier alpha value is -4.89. The maximum Gasteiger partial charge on any atom is 0.417 e. The van der Waals surface area contributed by atoms with Gasteiger partial charge in [0.05, 0.1) is 18.5 Å². The molecule has 4 aliphatic rings. The average Bonchev–Trinajstić information content (AvgIpc) is 3.52. The average molecular weight is 820 g/mol. The molecule has 3 saturated heterocycles. The second-order valence-corrected chi connectivity index (χ2v) is 16.2. The summed E-state index contributed by atoms with van der Waals surface area (Å²) in [6.45, 7) is 14.0. The van der Waals surface area contributed by atoms with Gasteiger partial charge >= 0.3 is 23.8 Å². The van der Waals surface area contributed by atoms with E-state index in [1.165, 1.54) is 12.8 Å². The van der Waals surface area contributed by atoms with Gasteiger partial charge in [-0.25, -0.2) is 14.4 Å². The fraction of sp³-hybridized carbons (Fsp3) is 0.614. The molecule has 0 spiro atoms. The molecule has 15 nitrogen and oxygen atoms in total. The van der Waals surface area contributed by atoms with Gasteiger partial charge in [-0.15, -0.1) is 0 Å². The van der Waals surface area contributed by atoms with Gasteiger partial charge in [-0.05, 0) is 100 Å². The molecule has 7 rings (SSSR count). The first kappa shape index (κ1) is 45.2. The van der Waals surface area contributed by atoms with E-state index in [-0.39, 0.29) is 37.8 Å². The lowest BCUT2D eigenvalue weighted by Gasteiger charge is -2.38. The van der Waals surface area contributed by atoms with Crippen LogP contribution in [0.25, 0.3) is 11.1 Å². The van der Waals surface area contributed by atoms with E-state index in [9.17, 15) is 24.0 Å². The van der Waals surface area contributed by atoms with Gasteiger partial charge in [0, 0.05) is 70.5 Å². The van der Waals surface area contributed by atoms with E-state index in [1.54, 1.807) is 15.9 Å². The van der Waals surface area contributed by atoms with Crippen molar-refractivity contribution < 1.29 is 33.1 Å². The van der Waals surface area contributed by atoms with Crippen LogP contribution in [0.15, 0.2) is 45.6 Å². The largest absolute Gasteiger partial charge is 0.466 e. The molecule has 1 atom stereocenters. The van der Waals surface area contributed by atoms with E-state index in [0.29, 0.717) is 69.7 Å². The quantitative estimate of drug-likeness (QED) is 0.250. The Bertz CT molecular complexity index is 1920. The molecule has 0 radical (unpaired) electrons. The van der Waals surface area contributed by atoms with Crippen LogP contribution >= 0.6 is 0 Å². The summed E-state index contributed by atoms with van der Waals surface area (Å²) in [5.74, 6) is 0.0338. The molecule has 0 unspecified atom stereocenters. The number of piperidine rings is 2. The molecular weight excluding hydrogens is 755 g/mol. The fourth-order valence-electron chi connectivity index (χ4n) is 8.15. The molecule has 0 aliphatic carbocycles. The molecule has 3 aromatic rings. The van der Waals surface area contributed by atoms with Crippen LogP contribution in [-0.2, 0) is 31.9 Å². The van der Waals surface area contributed by atoms with Crippen molar-refractivity contribution in [1.29, 1.82) is 0 Å². The molecule has 4 aliphatic heterocycles. The summed E-state index contributed by atoms with van der Waals surface area (Å²) in [6, 6.07) is 11.3. The van der Waals surface area contributed by atoms with Crippen molar-refractivity contribution in [3.63, 3.8) is 0 Å². The lowest BCUT2D eigenvalue weighted by Crippen LogP contribution is -2.53. The number of likely N-dealkylation sites (N-methyl/N-ethyl adjacent to an activating group) is 1. The molecular formula is C44H65N7O8. The fourth-order valence-corrected chi connectivity index (χ4v) is 8.15. The van der Waals surface area contributed by atoms with Crippen LogP contribution in [0.5, 0.6) is 0 Å². The molecule has 324 valence electrons. The Morgan fingerprint density at radius 2 is 1.63 bits per heavy atom. The third-order valence-electron chi connectivity index (χ3n) is 11.8. The number of esters is 1. The summed E-state index contributed by atoms with van der Waals surface area (Å²) in [4.78, 5) is 75.6. The predicted octanol–water partition coefficient (Wildman–Crippen LogP) is 5.50. The number of nitrogens with zero attached hydrogens (tertiary/aromatic N) is 5. The molecule has 0 bridgehead atoms. The zero-order valence-corrected chi connectivity index (χ0v) is 34.6. The highest BCUT2D eigenvalue weighted by Gasteiger charge is 2.35. The number of H-pyrrole nitrogens is 1. The van der Waals surface area contributed by atoms with Gasteiger partial charge in [-0.3, -0.25) is 14.6 Å². The number of aromatic amines is 1. The molecule has 5 heterocycles. The normalized spacial score (nSPS) is 18.8. The molecule has 4 amide bonds. The van der Waals surface area contributed by atoms with Crippen LogP contribution in [0.3, 0.4) is 0 Å². The second-order valence-electron chi connectivity index (χ2n) is 16.2. The van der Waals surface area contributed by atoms with Crippen LogP contribution in [0.2, 0.25) is 0 Å². The monoisotopic (exact) mass is 819 g/mol. The lowest BCUT2D eigenvalue weighted by molar-refractivity contribution is -0.144. The van der Waals surface area contributed by atoms with Gasteiger partial charge in [0.15, 0.2) is 11.7 Å². The summed E-state index contributed by atoms with van der Waals surface area (Å²) in [7, 11) is 2.01. The summed E-state index contributed by atoms with van der Waals surface area (Å²) < 4.78 is 16.3. The zero-order valence-electron chi connectivity index (χ0n) is 34.6. The number of amides is 4. The number of aromatic nitrogens is 1. The van der Waals surface area contributed by atoms with Gasteiger partial charge in [-0.2, -0.15) is 0 Å². The number of para-hydroxylation sites is 1. The van der Waals surface area contributed by atoms with Crippen molar-refractivity contribution in [2.24, 2.45) is 5.92 Å². The number of benzene rings is 2. The second kappa shape index (κ2) is 21.4. The van der Waals surface area contributed by atoms with Crippen LogP contribution in [0.4, 0.5) is 15.3 Å². The molecule has 15 heteroatoms. The first-order valence-corrected chi connectivity index (χ1v) is 21.1. The SMILES string of the molecule is C.CCCOC(=O)CCN1CCC(C)CC1.Cc1cc(C[C@@H](OC(=O)N2CCC(N3CCc4ccccc4NC3=O)CC2)C(=O)N2CCN(C)CC2)cc2oc(=O)[nH]c12. The minimum absolute atomic E-state index is 0. The van der Waals surface area contributed by atoms with E-state index in [2.05, 4.69) is 27.0 Å². The number of hydrogen-bond acceptors (Lipinski definition) is 10. The number of carbonyl (C=O) groups excluding carboxylic acids is 4. The van der Waals surface area contributed by atoms with Crippen molar-refractivity contribution in [2.45, 2.75) is 91.7 Å². The van der Waals surface area contributed by atoms with Crippen LogP contribution < -0.4 is 11.1 Å². The van der Waals surface area contributed by atoms with Gasteiger partial charge in [0.2, 0.25) is 0 Å². The van der Waals surface area contributed by atoms with E-state index in [4.69, 9.17) is 13.9 Å². The molecule has 2 N–H and O–H groups in total. The predicted molar refractivity (Wildman–Crippen MR) is 228 cm³/mol. The number of fused-ring (bicyclic) bond motifs is 2. The maximum atomic E-state index is 13.7. The highest BCUT2D eigenvalue weighted by Crippen LogP contribution is 2.26. The smallest absolute Gasteiger partial charge is 0.417 e. The van der Waals surface area contributed by atoms with Gasteiger partial charge in [-0.1, -0.05) is 45.5 Å². The summed E-state index contributed by atoms with van der Waals surface area (Å²) in [5.41, 5.74) is 4.51. The third kappa shape index (κ3) is 12.3. The van der Waals surface area contributed by atoms with Crippen molar-refractivity contribution in [1.82, 2.24) is 29.5 Å². The number of rotatable bonds is 10. The molecule has 0 saturated carbocycles. The molecule has 1 aromatic heterocycles. The number of carbonyl (C=O) groups is 4. The van der Waals surface area contributed by atoms with Crippen LogP contribution in [0, 0.1) is 12.8 Å². The lowest BCUT2D eigenvalue weighted by atomic mass is 9.99. The van der Waals surface area contributed by atoms with Crippen molar-refractivity contribution >= 4 is 40.8 Å². The highest BCUT2D eigenvalue weighted by molar-refractivity contribution is 5.91. The third-order valence-corrected chi connectivity index (χ3v) is 11.8. The number of anilines is 1. The van der Waals surface area contributed by atoms with E-state index in [0.717, 1.165) is 73.9 Å². The number of piperazine rings is 1. The number of aryl methyl sites for hydroxylation is 1. The Labute approximate surface area is 348 Å². The molecule has 59 heavy (non-hydrogen) atoms. The number of ether oxygens (including phenoxy) is 2. The Kier molecular flexibility index (Phi) is 16.4. The van der Waals surface area contributed by atoms with E-state index >= 15 is 0 Å². The minimum atomic E-state index is -1.02. The molecule has 3 fully saturated rings. The topological polar surface area (TPSA) is 161 Å². The number of oxazole rings is 1. The van der Waals surface area contributed by atoms with E-state index in [1.807, 2.05) is 56.1 Å². The Balaban J connectivity index is 0.000000351. The van der Waals surface area contributed by atoms with Gasteiger partial charge < -0.3 is 43.7 Å². The molecule has 2 aromatic carbocycles. The van der Waals surface area contributed by atoms with Crippen LogP contribution in [-0.4, -0.2) is 145 Å². The Morgan fingerprint density at radius 1 is 0.915 bits per heavy atom. The van der Waals surface area contributed by atoms with E-state index < -0.39 is 18.0 Å². The van der Waals surface area contributed by atoms with Crippen LogP contribution in [0.1, 0.15) is 76.5 Å². The van der Waals surface area contributed by atoms with Gasteiger partial charge in [0.25, 0.3) is 5.91 Å². The summed E-state index contributed by atoms with van der Waals surface area (Å²) >= 11 is 0. The number of likely N-dealkylation sites (tertiary alicyclic amines) is 2. The zero-order chi connectivity index (χ0) is 41.2. The van der Waals surface area contributed by atoms with Crippen molar-refractivity contribution in [3.8, 4) is 0 Å². The number of urea groups is 1. The Morgan fingerprint density at radius 3 is 2.34 bits per heavy atom. The van der Waals surface area contributed by atoms with Crippen molar-refractivity contribution in [3.05, 3.63) is 63.6 Å². The van der Waals surface area contributed by atoms with Crippen molar-refractivity contribution in [2.75, 3.05) is 84.4 Å². The maximum absolute atomic E-state index is 13.7. The minimum Gasteiger partial charge on any atom is -0.466 e. The standard InChI is InChI=1S/C31H38N6O6.C12H23NO2.CH4/c1-20-17-21(18-25-27(20)33-30(40)42-25)19-26(28(38)35-15-13-34(2)14-16-35)43-31(41)36-10-8-23(9-11-36)37-12-7-22-5-3-4-6-24(22)32-29(37)39;1-3-10-15-12(14)6-9-13-7-4-11(2)5-8-13;/h3-6,17-18,23,26H,7-16,19H2,1-2H3,(H,32,39)(H,33,40);11H,3-10H2,1-2H3;1H4/t26-;;/m1../s1. The first-order valence-electron chi connectivity index (χ1n) is 21.1. The van der Waals surface area contributed by atoms with Gasteiger partial charge in [0.1, 0.15) is 0 Å². The first-order chi connectivity index (χ1) is 28.0. The number of hydrogen-bond donors (Lipinski definition) is 2. The highest BCUT2D eigenvalue weighted by atomic mass is 16.6. The number of nitrogens with one attached hydrogen (secondary N) is 2.